The number of pyridine rings is 1. The van der Waals surface area contributed by atoms with E-state index in [1.165, 1.54) is 14.5 Å². The van der Waals surface area contributed by atoms with Crippen molar-refractivity contribution in [3.05, 3.63) is 101 Å². The van der Waals surface area contributed by atoms with Gasteiger partial charge in [0, 0.05) is 33.4 Å². The number of halogens is 4. The highest BCUT2D eigenvalue weighted by Gasteiger charge is 2.57. The lowest BCUT2D eigenvalue weighted by Gasteiger charge is -2.33. The summed E-state index contributed by atoms with van der Waals surface area (Å²) in [4.78, 5) is 0. The van der Waals surface area contributed by atoms with Crippen LogP contribution in [-0.4, -0.2) is 21.6 Å². The number of hydrogen-bond donors (Lipinski definition) is 0. The van der Waals surface area contributed by atoms with E-state index in [1.54, 1.807) is 13.8 Å². The predicted octanol–water partition coefficient (Wildman–Crippen LogP) is 6.24. The van der Waals surface area contributed by atoms with Crippen molar-refractivity contribution < 1.29 is 17.7 Å². The first-order valence-electron chi connectivity index (χ1n) is 10.8. The fourth-order valence-electron chi connectivity index (χ4n) is 5.11. The number of hydrogen-bond acceptors (Lipinski definition) is 0. The average Bonchev–Trinajstić information content (AvgIpc) is 3.16. The van der Waals surface area contributed by atoms with Gasteiger partial charge in [-0.2, -0.15) is 0 Å². The zero-order valence-electron chi connectivity index (χ0n) is 18.8. The monoisotopic (exact) mass is 668 g/mol. The summed E-state index contributed by atoms with van der Waals surface area (Å²) < 4.78 is 38.7. The summed E-state index contributed by atoms with van der Waals surface area (Å²) in [6.07, 6.45) is 4.11. The molecule has 5 rings (SSSR count). The molecule has 3 aromatic rings. The first-order chi connectivity index (χ1) is 15.6. The normalized spacial score (nSPS) is 17.1. The molecule has 0 atom stereocenters. The second kappa shape index (κ2) is 8.14. The Morgan fingerprint density at radius 1 is 0.970 bits per heavy atom. The van der Waals surface area contributed by atoms with Crippen molar-refractivity contribution in [3.8, 4) is 0 Å². The van der Waals surface area contributed by atoms with Gasteiger partial charge >= 0.3 is 6.97 Å². The van der Waals surface area contributed by atoms with Crippen molar-refractivity contribution in [2.45, 2.75) is 34.2 Å². The molecule has 33 heavy (non-hydrogen) atoms. The highest BCUT2D eigenvalue weighted by molar-refractivity contribution is 14.1. The number of benzene rings is 1. The van der Waals surface area contributed by atoms with Gasteiger partial charge in [0.25, 0.3) is 0 Å². The Balaban J connectivity index is 1.81. The molecule has 4 heterocycles. The van der Waals surface area contributed by atoms with Crippen LogP contribution in [0.4, 0.5) is 8.63 Å². The zero-order chi connectivity index (χ0) is 23.7. The number of aromatic nitrogens is 2. The number of rotatable bonds is 3. The summed E-state index contributed by atoms with van der Waals surface area (Å²) in [5, 5.41) is 0. The van der Waals surface area contributed by atoms with Crippen molar-refractivity contribution in [1.82, 2.24) is 4.48 Å². The highest BCUT2D eigenvalue weighted by Crippen LogP contribution is 2.47. The van der Waals surface area contributed by atoms with Crippen molar-refractivity contribution in [1.29, 1.82) is 0 Å². The fourth-order valence-corrected chi connectivity index (χ4v) is 6.15. The van der Waals surface area contributed by atoms with E-state index in [4.69, 9.17) is 0 Å². The van der Waals surface area contributed by atoms with Gasteiger partial charge in [-0.25, -0.2) is 4.57 Å². The van der Waals surface area contributed by atoms with E-state index < -0.39 is 6.97 Å². The van der Waals surface area contributed by atoms with Crippen LogP contribution >= 0.6 is 45.2 Å². The summed E-state index contributed by atoms with van der Waals surface area (Å²) in [5.74, 6) is 0. The molecule has 2 aliphatic heterocycles. The van der Waals surface area contributed by atoms with E-state index in [1.807, 2.05) is 50.4 Å². The summed E-state index contributed by atoms with van der Waals surface area (Å²) in [5.41, 5.74) is 7.31. The maximum atomic E-state index is 16.1. The average molecular weight is 668 g/mol. The minimum Gasteiger partial charge on any atom is -0.392 e. The molecular weight excluding hydrogens is 645 g/mol. The third kappa shape index (κ3) is 3.38. The molecule has 168 valence electrons. The Hall–Kier alpha value is -1.82. The van der Waals surface area contributed by atoms with Crippen molar-refractivity contribution in [3.63, 3.8) is 0 Å². The molecule has 0 N–H and O–H groups in total. The maximum absolute atomic E-state index is 16.1. The van der Waals surface area contributed by atoms with Crippen LogP contribution in [0.25, 0.3) is 5.57 Å². The van der Waals surface area contributed by atoms with E-state index >= 15 is 8.63 Å². The SMILES string of the molecule is CC1=C(I)C(C)=[N+]2C1=C(c1ccc[n+](Cc3ccccc3)c1)c1c(C)c(I)c(C)n1[B-]2(F)F. The largest absolute Gasteiger partial charge is 0.737 e. The smallest absolute Gasteiger partial charge is 0.392 e. The molecule has 0 radical (unpaired) electrons. The van der Waals surface area contributed by atoms with Crippen LogP contribution < -0.4 is 4.57 Å². The lowest BCUT2D eigenvalue weighted by molar-refractivity contribution is -0.688. The molecule has 2 aliphatic rings. The molecule has 0 saturated carbocycles. The van der Waals surface area contributed by atoms with E-state index in [-0.39, 0.29) is 0 Å². The lowest BCUT2D eigenvalue weighted by atomic mass is 9.84. The minimum atomic E-state index is -4.00. The quantitative estimate of drug-likeness (QED) is 0.178. The molecule has 0 fully saturated rings. The molecule has 0 aliphatic carbocycles. The standard InChI is InChI=1S/C25H23BF2I2N3/c1-15-22(29)17(3)32-24(15)21(25-16(2)23(30)18(4)33(25)26(32,27)28)20-11-8-12-31(14-20)13-19-9-6-5-7-10-19/h5-12,14H,13H2,1-4H3/q+1. The van der Waals surface area contributed by atoms with Gasteiger partial charge in [0.05, 0.1) is 14.7 Å². The minimum absolute atomic E-state index is 0.616. The van der Waals surface area contributed by atoms with Crippen molar-refractivity contribution in [2.24, 2.45) is 0 Å². The second-order valence-electron chi connectivity index (χ2n) is 8.70. The topological polar surface area (TPSA) is 11.8 Å². The van der Waals surface area contributed by atoms with Gasteiger partial charge in [0.2, 0.25) is 0 Å². The molecule has 2 aromatic heterocycles. The Morgan fingerprint density at radius 3 is 2.36 bits per heavy atom. The molecule has 0 amide bonds. The molecule has 3 nitrogen and oxygen atoms in total. The number of nitrogens with zero attached hydrogens (tertiary/aromatic N) is 3. The third-order valence-electron chi connectivity index (χ3n) is 6.66. The molecule has 0 spiro atoms. The van der Waals surface area contributed by atoms with Gasteiger partial charge in [-0.05, 0) is 83.3 Å². The molecular formula is C25H23BF2I2N3+. The van der Waals surface area contributed by atoms with Crippen LogP contribution in [0, 0.1) is 17.4 Å². The zero-order valence-corrected chi connectivity index (χ0v) is 23.1. The molecule has 0 bridgehead atoms. The lowest BCUT2D eigenvalue weighted by Crippen LogP contribution is -2.51. The second-order valence-corrected chi connectivity index (χ2v) is 10.9. The van der Waals surface area contributed by atoms with Crippen molar-refractivity contribution in [2.75, 3.05) is 0 Å². The van der Waals surface area contributed by atoms with Crippen LogP contribution in [0.2, 0.25) is 0 Å². The van der Waals surface area contributed by atoms with Crippen LogP contribution in [0.3, 0.4) is 0 Å². The number of fused-ring (bicyclic) bond motifs is 2. The Morgan fingerprint density at radius 2 is 1.67 bits per heavy atom. The van der Waals surface area contributed by atoms with Crippen LogP contribution in [0.1, 0.15) is 41.9 Å². The van der Waals surface area contributed by atoms with Crippen LogP contribution in [0.5, 0.6) is 0 Å². The maximum Gasteiger partial charge on any atom is 0.737 e. The Labute approximate surface area is 219 Å². The van der Waals surface area contributed by atoms with E-state index in [0.717, 1.165) is 36.0 Å². The van der Waals surface area contributed by atoms with Gasteiger partial charge in [0.1, 0.15) is 5.71 Å². The van der Waals surface area contributed by atoms with Gasteiger partial charge in [-0.3, -0.25) is 0 Å². The first-order valence-corrected chi connectivity index (χ1v) is 13.0. The Bertz CT molecular complexity index is 1420. The van der Waals surface area contributed by atoms with E-state index in [9.17, 15) is 0 Å². The fraction of sp³-hybridized carbons (Fsp3) is 0.200. The third-order valence-corrected chi connectivity index (χ3v) is 9.84. The van der Waals surface area contributed by atoms with Crippen LogP contribution in [0.15, 0.2) is 69.7 Å². The highest BCUT2D eigenvalue weighted by atomic mass is 127. The summed E-state index contributed by atoms with van der Waals surface area (Å²) >= 11 is 4.41. The Kier molecular flexibility index (Phi) is 5.66. The van der Waals surface area contributed by atoms with E-state index in [2.05, 4.69) is 68.1 Å². The summed E-state index contributed by atoms with van der Waals surface area (Å²) in [7, 11) is 0. The van der Waals surface area contributed by atoms with Gasteiger partial charge in [-0.15, -0.1) is 0 Å². The van der Waals surface area contributed by atoms with Crippen molar-refractivity contribution >= 4 is 63.4 Å². The number of allylic oxidation sites excluding steroid dienone is 2. The first kappa shape index (κ1) is 23.0. The summed E-state index contributed by atoms with van der Waals surface area (Å²) in [6, 6.07) is 14.3. The van der Waals surface area contributed by atoms with E-state index in [0.29, 0.717) is 22.8 Å². The van der Waals surface area contributed by atoms with Gasteiger partial charge in [0.15, 0.2) is 24.6 Å². The van der Waals surface area contributed by atoms with Gasteiger partial charge < -0.3 is 17.6 Å². The van der Waals surface area contributed by atoms with Gasteiger partial charge in [-0.1, -0.05) is 30.3 Å². The summed E-state index contributed by atoms with van der Waals surface area (Å²) in [6.45, 7) is 4.23. The predicted molar refractivity (Wildman–Crippen MR) is 146 cm³/mol. The molecule has 8 heteroatoms. The molecule has 0 saturated heterocycles. The molecule has 1 aromatic carbocycles. The van der Waals surface area contributed by atoms with Crippen LogP contribution in [-0.2, 0) is 6.54 Å². The molecule has 0 unspecified atom stereocenters.